The van der Waals surface area contributed by atoms with Gasteiger partial charge in [-0.15, -0.1) is 0 Å². The van der Waals surface area contributed by atoms with Crippen LogP contribution in [0.5, 0.6) is 5.88 Å². The standard InChI is InChI=1S/C10H16N2O2/c1-4-5-7-9(13)11-8(6(2)3)12-10(7)14/h6H,4-5H2,1-3H3,(H2,11,12,13,14). The van der Waals surface area contributed by atoms with Crippen molar-refractivity contribution in [3.8, 4) is 5.88 Å². The van der Waals surface area contributed by atoms with Crippen molar-refractivity contribution in [2.24, 2.45) is 0 Å². The Kier molecular flexibility index (Phi) is 3.28. The summed E-state index contributed by atoms with van der Waals surface area (Å²) in [5.74, 6) is 0.524. The Morgan fingerprint density at radius 3 is 2.57 bits per heavy atom. The summed E-state index contributed by atoms with van der Waals surface area (Å²) in [6, 6.07) is 0. The van der Waals surface area contributed by atoms with Crippen LogP contribution in [0.3, 0.4) is 0 Å². The first-order valence-electron chi connectivity index (χ1n) is 4.88. The molecule has 0 saturated carbocycles. The number of hydrogen-bond acceptors (Lipinski definition) is 3. The van der Waals surface area contributed by atoms with Gasteiger partial charge in [0.05, 0.1) is 5.56 Å². The summed E-state index contributed by atoms with van der Waals surface area (Å²) >= 11 is 0. The molecular formula is C10H16N2O2. The van der Waals surface area contributed by atoms with Crippen molar-refractivity contribution in [2.45, 2.75) is 39.5 Å². The van der Waals surface area contributed by atoms with Gasteiger partial charge < -0.3 is 10.1 Å². The van der Waals surface area contributed by atoms with Gasteiger partial charge in [-0.1, -0.05) is 27.2 Å². The van der Waals surface area contributed by atoms with Crippen molar-refractivity contribution in [2.75, 3.05) is 0 Å². The zero-order chi connectivity index (χ0) is 10.7. The monoisotopic (exact) mass is 196 g/mol. The number of rotatable bonds is 3. The van der Waals surface area contributed by atoms with Gasteiger partial charge in [0.15, 0.2) is 0 Å². The van der Waals surface area contributed by atoms with E-state index in [1.165, 1.54) is 0 Å². The molecule has 14 heavy (non-hydrogen) atoms. The third kappa shape index (κ3) is 2.13. The van der Waals surface area contributed by atoms with Crippen LogP contribution in [0, 0.1) is 0 Å². The lowest BCUT2D eigenvalue weighted by Gasteiger charge is -2.06. The highest BCUT2D eigenvalue weighted by Crippen LogP contribution is 2.14. The molecule has 0 amide bonds. The first-order chi connectivity index (χ1) is 6.56. The molecule has 1 rings (SSSR count). The molecule has 0 bridgehead atoms. The van der Waals surface area contributed by atoms with E-state index in [0.717, 1.165) is 6.42 Å². The molecule has 0 aliphatic rings. The summed E-state index contributed by atoms with van der Waals surface area (Å²) in [6.07, 6.45) is 1.38. The highest BCUT2D eigenvalue weighted by molar-refractivity contribution is 5.23. The Bertz CT molecular complexity index is 369. The van der Waals surface area contributed by atoms with Gasteiger partial charge in [0.1, 0.15) is 5.82 Å². The minimum Gasteiger partial charge on any atom is -0.493 e. The first kappa shape index (κ1) is 10.8. The molecule has 4 heteroatoms. The maximum absolute atomic E-state index is 11.5. The van der Waals surface area contributed by atoms with E-state index in [4.69, 9.17) is 0 Å². The summed E-state index contributed by atoms with van der Waals surface area (Å²) < 4.78 is 0. The quantitative estimate of drug-likeness (QED) is 0.770. The number of aromatic hydroxyl groups is 1. The largest absolute Gasteiger partial charge is 0.493 e. The van der Waals surface area contributed by atoms with E-state index in [-0.39, 0.29) is 17.4 Å². The SMILES string of the molecule is CCCc1c(O)nc(C(C)C)[nH]c1=O. The maximum Gasteiger partial charge on any atom is 0.257 e. The van der Waals surface area contributed by atoms with Gasteiger partial charge >= 0.3 is 0 Å². The molecule has 4 nitrogen and oxygen atoms in total. The van der Waals surface area contributed by atoms with Gasteiger partial charge in [-0.2, -0.15) is 4.98 Å². The van der Waals surface area contributed by atoms with Crippen LogP contribution >= 0.6 is 0 Å². The van der Waals surface area contributed by atoms with E-state index in [2.05, 4.69) is 9.97 Å². The third-order valence-electron chi connectivity index (χ3n) is 2.06. The van der Waals surface area contributed by atoms with Crippen LogP contribution in [0.25, 0.3) is 0 Å². The van der Waals surface area contributed by atoms with Crippen LogP contribution in [0.1, 0.15) is 44.5 Å². The molecule has 0 aromatic carbocycles. The normalized spacial score (nSPS) is 10.9. The minimum atomic E-state index is -0.219. The van der Waals surface area contributed by atoms with E-state index in [1.54, 1.807) is 0 Å². The van der Waals surface area contributed by atoms with Crippen LogP contribution in [0.2, 0.25) is 0 Å². The van der Waals surface area contributed by atoms with Crippen molar-refractivity contribution in [1.82, 2.24) is 9.97 Å². The highest BCUT2D eigenvalue weighted by atomic mass is 16.3. The second-order valence-electron chi connectivity index (χ2n) is 3.66. The first-order valence-corrected chi connectivity index (χ1v) is 4.88. The molecule has 0 atom stereocenters. The minimum absolute atomic E-state index is 0.115. The molecule has 0 unspecified atom stereocenters. The number of nitrogens with zero attached hydrogens (tertiary/aromatic N) is 1. The van der Waals surface area contributed by atoms with Gasteiger partial charge in [0.2, 0.25) is 5.88 Å². The number of hydrogen-bond donors (Lipinski definition) is 2. The zero-order valence-electron chi connectivity index (χ0n) is 8.79. The molecule has 0 aliphatic carbocycles. The van der Waals surface area contributed by atoms with Crippen molar-refractivity contribution < 1.29 is 5.11 Å². The van der Waals surface area contributed by atoms with E-state index < -0.39 is 0 Å². The Labute approximate surface area is 83.0 Å². The van der Waals surface area contributed by atoms with Gasteiger partial charge in [0.25, 0.3) is 5.56 Å². The van der Waals surface area contributed by atoms with Crippen molar-refractivity contribution in [1.29, 1.82) is 0 Å². The van der Waals surface area contributed by atoms with Crippen LogP contribution in [0.4, 0.5) is 0 Å². The van der Waals surface area contributed by atoms with E-state index in [9.17, 15) is 9.90 Å². The summed E-state index contributed by atoms with van der Waals surface area (Å²) in [5, 5.41) is 9.52. The van der Waals surface area contributed by atoms with Crippen LogP contribution in [0.15, 0.2) is 4.79 Å². The number of nitrogens with one attached hydrogen (secondary N) is 1. The molecule has 2 N–H and O–H groups in total. The summed E-state index contributed by atoms with van der Waals surface area (Å²) in [4.78, 5) is 18.1. The predicted molar refractivity (Wildman–Crippen MR) is 54.6 cm³/mol. The van der Waals surface area contributed by atoms with Crippen molar-refractivity contribution in [3.63, 3.8) is 0 Å². The highest BCUT2D eigenvalue weighted by Gasteiger charge is 2.11. The molecule has 1 heterocycles. The number of aromatic nitrogens is 2. The van der Waals surface area contributed by atoms with Gasteiger partial charge in [-0.05, 0) is 6.42 Å². The van der Waals surface area contributed by atoms with Gasteiger partial charge in [-0.25, -0.2) is 0 Å². The average Bonchev–Trinajstić information content (AvgIpc) is 2.10. The van der Waals surface area contributed by atoms with Gasteiger partial charge in [0, 0.05) is 5.92 Å². The second-order valence-corrected chi connectivity index (χ2v) is 3.66. The fourth-order valence-corrected chi connectivity index (χ4v) is 1.25. The smallest absolute Gasteiger partial charge is 0.257 e. The molecule has 1 aromatic rings. The lowest BCUT2D eigenvalue weighted by atomic mass is 10.1. The molecule has 78 valence electrons. The van der Waals surface area contributed by atoms with Crippen molar-refractivity contribution >= 4 is 0 Å². The van der Waals surface area contributed by atoms with E-state index in [1.807, 2.05) is 20.8 Å². The van der Waals surface area contributed by atoms with Crippen molar-refractivity contribution in [3.05, 3.63) is 21.7 Å². The Hall–Kier alpha value is -1.32. The molecular weight excluding hydrogens is 180 g/mol. The van der Waals surface area contributed by atoms with Crippen LogP contribution < -0.4 is 5.56 Å². The lowest BCUT2D eigenvalue weighted by molar-refractivity contribution is 0.437. The van der Waals surface area contributed by atoms with Crippen LogP contribution in [-0.2, 0) is 6.42 Å². The molecule has 0 aliphatic heterocycles. The zero-order valence-corrected chi connectivity index (χ0v) is 8.79. The fraction of sp³-hybridized carbons (Fsp3) is 0.600. The van der Waals surface area contributed by atoms with Crippen LogP contribution in [-0.4, -0.2) is 15.1 Å². The molecule has 0 radical (unpaired) electrons. The molecule has 0 spiro atoms. The fourth-order valence-electron chi connectivity index (χ4n) is 1.25. The Morgan fingerprint density at radius 1 is 1.50 bits per heavy atom. The average molecular weight is 196 g/mol. The third-order valence-corrected chi connectivity index (χ3v) is 2.06. The predicted octanol–water partition coefficient (Wildman–Crippen LogP) is 1.55. The van der Waals surface area contributed by atoms with Gasteiger partial charge in [-0.3, -0.25) is 4.79 Å². The molecule has 0 fully saturated rings. The van der Waals surface area contributed by atoms with E-state index >= 15 is 0 Å². The Balaban J connectivity index is 3.18. The second kappa shape index (κ2) is 4.26. The number of H-pyrrole nitrogens is 1. The number of aromatic amines is 1. The topological polar surface area (TPSA) is 66.0 Å². The summed E-state index contributed by atoms with van der Waals surface area (Å²) in [7, 11) is 0. The molecule has 0 saturated heterocycles. The maximum atomic E-state index is 11.5. The Morgan fingerprint density at radius 2 is 2.14 bits per heavy atom. The summed E-state index contributed by atoms with van der Waals surface area (Å²) in [6.45, 7) is 5.78. The van der Waals surface area contributed by atoms with E-state index in [0.29, 0.717) is 17.8 Å². The lowest BCUT2D eigenvalue weighted by Crippen LogP contribution is -2.17. The summed E-state index contributed by atoms with van der Waals surface area (Å²) in [5.41, 5.74) is 0.167. The molecule has 1 aromatic heterocycles.